The summed E-state index contributed by atoms with van der Waals surface area (Å²) in [5.41, 5.74) is 2.29. The lowest BCUT2D eigenvalue weighted by atomic mass is 9.80. The lowest BCUT2D eigenvalue weighted by Crippen LogP contribution is -2.24. The molecular weight excluding hydrogens is 402 g/mol. The van der Waals surface area contributed by atoms with Crippen LogP contribution >= 0.6 is 0 Å². The molecule has 0 radical (unpaired) electrons. The standard InChI is InChI=1S/C27H27NO4/c1-4-22(30-5-2)28-26-25(27(29)31-6-3)23(19-13-8-7-9-14-19)24-20-15-11-10-12-18(20)16-17-21(24)32-26/h7-17,23H,4-6H2,1-3H3/b28-22+. The van der Waals surface area contributed by atoms with E-state index in [4.69, 9.17) is 14.2 Å². The van der Waals surface area contributed by atoms with E-state index in [1.54, 1.807) is 6.92 Å². The quantitative estimate of drug-likeness (QED) is 0.275. The lowest BCUT2D eigenvalue weighted by molar-refractivity contribution is -0.139. The number of benzene rings is 3. The summed E-state index contributed by atoms with van der Waals surface area (Å²) in [5.74, 6) is 0.594. The molecule has 1 unspecified atom stereocenters. The highest BCUT2D eigenvalue weighted by Gasteiger charge is 2.37. The van der Waals surface area contributed by atoms with Gasteiger partial charge in [-0.2, -0.15) is 4.99 Å². The summed E-state index contributed by atoms with van der Waals surface area (Å²) >= 11 is 0. The number of carbonyl (C=O) groups excluding carboxylic acids is 1. The van der Waals surface area contributed by atoms with Gasteiger partial charge in [0, 0.05) is 12.0 Å². The number of nitrogens with zero attached hydrogens (tertiary/aromatic N) is 1. The molecule has 1 aliphatic rings. The minimum absolute atomic E-state index is 0.227. The van der Waals surface area contributed by atoms with E-state index in [0.717, 1.165) is 21.9 Å². The van der Waals surface area contributed by atoms with Gasteiger partial charge >= 0.3 is 5.97 Å². The Morgan fingerprint density at radius 2 is 1.62 bits per heavy atom. The van der Waals surface area contributed by atoms with Crippen molar-refractivity contribution in [1.29, 1.82) is 0 Å². The number of rotatable bonds is 6. The predicted molar refractivity (Wildman–Crippen MR) is 126 cm³/mol. The normalized spacial score (nSPS) is 15.8. The molecule has 0 spiro atoms. The van der Waals surface area contributed by atoms with Crippen LogP contribution in [0.3, 0.4) is 0 Å². The second-order valence-electron chi connectivity index (χ2n) is 7.38. The van der Waals surface area contributed by atoms with Crippen molar-refractivity contribution >= 4 is 22.6 Å². The molecule has 0 fully saturated rings. The molecule has 0 saturated heterocycles. The summed E-state index contributed by atoms with van der Waals surface area (Å²) < 4.78 is 17.4. The smallest absolute Gasteiger partial charge is 0.340 e. The van der Waals surface area contributed by atoms with Crippen molar-refractivity contribution in [3.8, 4) is 5.75 Å². The first-order valence-electron chi connectivity index (χ1n) is 11.0. The van der Waals surface area contributed by atoms with Crippen LogP contribution in [0.25, 0.3) is 10.8 Å². The van der Waals surface area contributed by atoms with E-state index in [1.165, 1.54) is 0 Å². The highest BCUT2D eigenvalue weighted by molar-refractivity contribution is 5.97. The fraction of sp³-hybridized carbons (Fsp3) is 0.259. The van der Waals surface area contributed by atoms with Crippen molar-refractivity contribution in [3.63, 3.8) is 0 Å². The van der Waals surface area contributed by atoms with Crippen LogP contribution in [0.4, 0.5) is 0 Å². The van der Waals surface area contributed by atoms with E-state index >= 15 is 0 Å². The van der Waals surface area contributed by atoms with Crippen LogP contribution in [0, 0.1) is 0 Å². The van der Waals surface area contributed by atoms with Gasteiger partial charge < -0.3 is 14.2 Å². The molecular formula is C27H27NO4. The zero-order valence-corrected chi connectivity index (χ0v) is 18.6. The number of ether oxygens (including phenoxy) is 3. The van der Waals surface area contributed by atoms with Gasteiger partial charge in [-0.3, -0.25) is 0 Å². The molecule has 0 amide bonds. The summed E-state index contributed by atoms with van der Waals surface area (Å²) in [6.45, 7) is 6.40. The van der Waals surface area contributed by atoms with Crippen LogP contribution in [-0.2, 0) is 14.3 Å². The van der Waals surface area contributed by atoms with Crippen molar-refractivity contribution in [2.24, 2.45) is 4.99 Å². The average Bonchev–Trinajstić information content (AvgIpc) is 2.83. The number of esters is 1. The first kappa shape index (κ1) is 21.6. The lowest BCUT2D eigenvalue weighted by Gasteiger charge is -2.30. The minimum atomic E-state index is -0.439. The van der Waals surface area contributed by atoms with Crippen molar-refractivity contribution in [2.75, 3.05) is 13.2 Å². The fourth-order valence-corrected chi connectivity index (χ4v) is 4.06. The van der Waals surface area contributed by atoms with Gasteiger partial charge in [0.25, 0.3) is 0 Å². The van der Waals surface area contributed by atoms with E-state index in [-0.39, 0.29) is 18.4 Å². The number of hydrogen-bond donors (Lipinski definition) is 0. The van der Waals surface area contributed by atoms with Crippen molar-refractivity contribution < 1.29 is 19.0 Å². The molecule has 0 N–H and O–H groups in total. The third-order valence-corrected chi connectivity index (χ3v) is 5.41. The third-order valence-electron chi connectivity index (χ3n) is 5.41. The van der Waals surface area contributed by atoms with Gasteiger partial charge in [-0.1, -0.05) is 67.6 Å². The molecule has 0 aromatic heterocycles. The van der Waals surface area contributed by atoms with Gasteiger partial charge in [-0.15, -0.1) is 0 Å². The van der Waals surface area contributed by atoms with Crippen molar-refractivity contribution in [3.05, 3.63) is 89.3 Å². The molecule has 0 saturated carbocycles. The molecule has 5 nitrogen and oxygen atoms in total. The molecule has 32 heavy (non-hydrogen) atoms. The SMILES string of the molecule is CCOC(=O)C1=C(/N=C(\CC)OCC)Oc2ccc3ccccc3c2C1c1ccccc1. The summed E-state index contributed by atoms with van der Waals surface area (Å²) in [4.78, 5) is 17.9. The van der Waals surface area contributed by atoms with Gasteiger partial charge in [0.1, 0.15) is 11.3 Å². The highest BCUT2D eigenvalue weighted by atomic mass is 16.5. The van der Waals surface area contributed by atoms with Gasteiger partial charge in [-0.25, -0.2) is 4.79 Å². The van der Waals surface area contributed by atoms with Gasteiger partial charge in [0.05, 0.1) is 19.1 Å². The minimum Gasteiger partial charge on any atom is -0.481 e. The number of carbonyl (C=O) groups is 1. The van der Waals surface area contributed by atoms with E-state index in [0.29, 0.717) is 30.2 Å². The number of fused-ring (bicyclic) bond motifs is 3. The predicted octanol–water partition coefficient (Wildman–Crippen LogP) is 5.98. The summed E-state index contributed by atoms with van der Waals surface area (Å²) in [7, 11) is 0. The summed E-state index contributed by atoms with van der Waals surface area (Å²) in [6, 6.07) is 22.0. The third kappa shape index (κ3) is 4.11. The first-order chi connectivity index (χ1) is 15.7. The van der Waals surface area contributed by atoms with Gasteiger partial charge in [-0.05, 0) is 36.2 Å². The van der Waals surface area contributed by atoms with Gasteiger partial charge in [0.15, 0.2) is 5.90 Å². The second kappa shape index (κ2) is 9.69. The Bertz CT molecular complexity index is 1180. The molecule has 3 aromatic rings. The zero-order chi connectivity index (χ0) is 22.5. The Morgan fingerprint density at radius 3 is 2.34 bits per heavy atom. The fourth-order valence-electron chi connectivity index (χ4n) is 4.06. The monoisotopic (exact) mass is 429 g/mol. The molecule has 164 valence electrons. The second-order valence-corrected chi connectivity index (χ2v) is 7.38. The van der Waals surface area contributed by atoms with E-state index in [1.807, 2.05) is 68.4 Å². The Kier molecular flexibility index (Phi) is 6.55. The first-order valence-corrected chi connectivity index (χ1v) is 11.0. The molecule has 3 aromatic carbocycles. The topological polar surface area (TPSA) is 57.1 Å². The number of aliphatic imine (C=N–C) groups is 1. The maximum atomic E-state index is 13.3. The average molecular weight is 430 g/mol. The van der Waals surface area contributed by atoms with Crippen LogP contribution in [0.15, 0.2) is 83.2 Å². The van der Waals surface area contributed by atoms with Crippen molar-refractivity contribution in [1.82, 2.24) is 0 Å². The van der Waals surface area contributed by atoms with E-state index in [2.05, 4.69) is 17.1 Å². The maximum absolute atomic E-state index is 13.3. The molecule has 0 bridgehead atoms. The molecule has 1 atom stereocenters. The van der Waals surface area contributed by atoms with Crippen LogP contribution < -0.4 is 4.74 Å². The van der Waals surface area contributed by atoms with Crippen LogP contribution in [-0.4, -0.2) is 25.1 Å². The van der Waals surface area contributed by atoms with Crippen LogP contribution in [0.2, 0.25) is 0 Å². The summed E-state index contributed by atoms with van der Waals surface area (Å²) in [6.07, 6.45) is 0.581. The van der Waals surface area contributed by atoms with Crippen molar-refractivity contribution in [2.45, 2.75) is 33.1 Å². The molecule has 4 rings (SSSR count). The Hall–Kier alpha value is -3.60. The van der Waals surface area contributed by atoms with E-state index in [9.17, 15) is 4.79 Å². The summed E-state index contributed by atoms with van der Waals surface area (Å²) in [5, 5.41) is 2.11. The largest absolute Gasteiger partial charge is 0.481 e. The maximum Gasteiger partial charge on any atom is 0.340 e. The molecule has 5 heteroatoms. The van der Waals surface area contributed by atoms with E-state index < -0.39 is 5.97 Å². The molecule has 1 aliphatic heterocycles. The highest BCUT2D eigenvalue weighted by Crippen LogP contribution is 2.47. The Labute approximate surface area is 188 Å². The Balaban J connectivity index is 2.03. The molecule has 0 aliphatic carbocycles. The molecule has 1 heterocycles. The van der Waals surface area contributed by atoms with Crippen LogP contribution in [0.5, 0.6) is 5.75 Å². The van der Waals surface area contributed by atoms with Gasteiger partial charge in [0.2, 0.25) is 5.88 Å². The number of hydrogen-bond acceptors (Lipinski definition) is 5. The zero-order valence-electron chi connectivity index (χ0n) is 18.6. The Morgan fingerprint density at radius 1 is 0.906 bits per heavy atom. The van der Waals surface area contributed by atoms with Crippen LogP contribution in [0.1, 0.15) is 44.2 Å².